The van der Waals surface area contributed by atoms with Crippen molar-refractivity contribution in [2.45, 2.75) is 24.7 Å². The molecule has 0 saturated heterocycles. The van der Waals surface area contributed by atoms with Crippen LogP contribution in [0.15, 0.2) is 71.6 Å². The van der Waals surface area contributed by atoms with Crippen LogP contribution in [0, 0.1) is 0 Å². The summed E-state index contributed by atoms with van der Waals surface area (Å²) in [7, 11) is -2.23. The highest BCUT2D eigenvalue weighted by Crippen LogP contribution is 2.33. The zero-order valence-corrected chi connectivity index (χ0v) is 20.4. The number of para-hydroxylation sites is 1. The first-order valence-electron chi connectivity index (χ1n) is 10.7. The molecule has 9 heteroatoms. The highest BCUT2D eigenvalue weighted by atomic mass is 35.5. The molecular formula is C25H24ClN3O4S. The van der Waals surface area contributed by atoms with E-state index in [0.29, 0.717) is 30.0 Å². The molecule has 1 aliphatic rings. The molecule has 3 aromatic carbocycles. The first-order valence-corrected chi connectivity index (χ1v) is 12.6. The number of anilines is 3. The van der Waals surface area contributed by atoms with Gasteiger partial charge in [-0.05, 0) is 66.9 Å². The van der Waals surface area contributed by atoms with Crippen molar-refractivity contribution >= 4 is 50.5 Å². The Kier molecular flexibility index (Phi) is 6.63. The monoisotopic (exact) mass is 497 g/mol. The predicted octanol–water partition coefficient (Wildman–Crippen LogP) is 4.72. The Hall–Kier alpha value is -3.36. The molecule has 0 spiro atoms. The van der Waals surface area contributed by atoms with Crippen molar-refractivity contribution in [1.82, 2.24) is 0 Å². The van der Waals surface area contributed by atoms with Gasteiger partial charge in [0.1, 0.15) is 0 Å². The van der Waals surface area contributed by atoms with Crippen LogP contribution in [0.25, 0.3) is 0 Å². The summed E-state index contributed by atoms with van der Waals surface area (Å²) in [4.78, 5) is 25.9. The van der Waals surface area contributed by atoms with Crippen molar-refractivity contribution in [3.63, 3.8) is 0 Å². The van der Waals surface area contributed by atoms with Crippen LogP contribution in [0.5, 0.6) is 0 Å². The minimum Gasteiger partial charge on any atom is -0.322 e. The fourth-order valence-corrected chi connectivity index (χ4v) is 5.63. The molecule has 4 rings (SSSR count). The molecule has 0 bridgehead atoms. The molecule has 34 heavy (non-hydrogen) atoms. The highest BCUT2D eigenvalue weighted by Gasteiger charge is 2.30. The largest absolute Gasteiger partial charge is 0.322 e. The van der Waals surface area contributed by atoms with Gasteiger partial charge in [0.25, 0.3) is 15.9 Å². The van der Waals surface area contributed by atoms with E-state index in [1.807, 2.05) is 18.2 Å². The second kappa shape index (κ2) is 9.48. The van der Waals surface area contributed by atoms with E-state index < -0.39 is 15.9 Å². The van der Waals surface area contributed by atoms with E-state index in [-0.39, 0.29) is 21.4 Å². The predicted molar refractivity (Wildman–Crippen MR) is 134 cm³/mol. The number of nitrogens with one attached hydrogen (secondary N) is 1. The second-order valence-corrected chi connectivity index (χ2v) is 10.3. The molecular weight excluding hydrogens is 474 g/mol. The number of aryl methyl sites for hydroxylation is 1. The van der Waals surface area contributed by atoms with Gasteiger partial charge in [-0.25, -0.2) is 8.42 Å². The zero-order chi connectivity index (χ0) is 24.5. The number of fused-ring (bicyclic) bond motifs is 1. The van der Waals surface area contributed by atoms with Crippen LogP contribution in [0.2, 0.25) is 5.02 Å². The fraction of sp³-hybridized carbons (Fsp3) is 0.200. The van der Waals surface area contributed by atoms with Gasteiger partial charge in [-0.1, -0.05) is 29.8 Å². The Bertz CT molecular complexity index is 1360. The minimum atomic E-state index is -3.89. The van der Waals surface area contributed by atoms with Gasteiger partial charge in [-0.2, -0.15) is 0 Å². The van der Waals surface area contributed by atoms with Gasteiger partial charge in [0.2, 0.25) is 5.91 Å². The van der Waals surface area contributed by atoms with Crippen molar-refractivity contribution in [3.8, 4) is 0 Å². The third kappa shape index (κ3) is 4.64. The Balaban J connectivity index is 1.60. The summed E-state index contributed by atoms with van der Waals surface area (Å²) in [6.07, 6.45) is 1.53. The van der Waals surface area contributed by atoms with Crippen molar-refractivity contribution in [2.75, 3.05) is 28.1 Å². The van der Waals surface area contributed by atoms with Gasteiger partial charge >= 0.3 is 0 Å². The number of hydrogen-bond acceptors (Lipinski definition) is 4. The molecule has 0 radical (unpaired) electrons. The van der Waals surface area contributed by atoms with Gasteiger partial charge in [0, 0.05) is 31.9 Å². The molecule has 2 amide bonds. The fourth-order valence-electron chi connectivity index (χ4n) is 3.86. The topological polar surface area (TPSA) is 86.8 Å². The Morgan fingerprint density at radius 3 is 2.44 bits per heavy atom. The SMILES string of the molecule is CC(=O)N(C)c1ccc(NC(=O)c2cc(S(=O)(=O)N3CCCc4ccccc43)ccc2Cl)cc1. The first kappa shape index (κ1) is 23.8. The number of carbonyl (C=O) groups excluding carboxylic acids is 2. The van der Waals surface area contributed by atoms with E-state index in [1.54, 1.807) is 37.4 Å². The molecule has 0 aliphatic carbocycles. The van der Waals surface area contributed by atoms with E-state index >= 15 is 0 Å². The lowest BCUT2D eigenvalue weighted by atomic mass is 10.0. The Morgan fingerprint density at radius 1 is 1.03 bits per heavy atom. The summed E-state index contributed by atoms with van der Waals surface area (Å²) in [5.74, 6) is -0.647. The van der Waals surface area contributed by atoms with Crippen LogP contribution in [0.4, 0.5) is 17.1 Å². The molecule has 0 unspecified atom stereocenters. The first-order chi connectivity index (χ1) is 16.2. The summed E-state index contributed by atoms with van der Waals surface area (Å²) in [5.41, 5.74) is 2.85. The average Bonchev–Trinajstić information content (AvgIpc) is 2.83. The minimum absolute atomic E-state index is 0.00261. The molecule has 1 N–H and O–H groups in total. The van der Waals surface area contributed by atoms with Crippen LogP contribution in [-0.4, -0.2) is 33.8 Å². The van der Waals surface area contributed by atoms with E-state index in [0.717, 1.165) is 12.0 Å². The third-order valence-corrected chi connectivity index (χ3v) is 7.96. The summed E-state index contributed by atoms with van der Waals surface area (Å²) < 4.78 is 28.3. The number of benzene rings is 3. The maximum atomic E-state index is 13.5. The summed E-state index contributed by atoms with van der Waals surface area (Å²) >= 11 is 6.26. The van der Waals surface area contributed by atoms with E-state index in [4.69, 9.17) is 11.6 Å². The lowest BCUT2D eigenvalue weighted by Crippen LogP contribution is -2.35. The molecule has 0 aromatic heterocycles. The molecule has 7 nitrogen and oxygen atoms in total. The van der Waals surface area contributed by atoms with Gasteiger partial charge < -0.3 is 10.2 Å². The average molecular weight is 498 g/mol. The van der Waals surface area contributed by atoms with Crippen molar-refractivity contribution in [2.24, 2.45) is 0 Å². The molecule has 1 heterocycles. The van der Waals surface area contributed by atoms with E-state index in [2.05, 4.69) is 5.32 Å². The number of hydrogen-bond donors (Lipinski definition) is 1. The number of nitrogens with zero attached hydrogens (tertiary/aromatic N) is 2. The second-order valence-electron chi connectivity index (χ2n) is 8.03. The van der Waals surface area contributed by atoms with Gasteiger partial charge in [0.15, 0.2) is 0 Å². The number of halogens is 1. The van der Waals surface area contributed by atoms with E-state index in [1.165, 1.54) is 34.3 Å². The Morgan fingerprint density at radius 2 is 1.74 bits per heavy atom. The van der Waals surface area contributed by atoms with Crippen LogP contribution in [0.3, 0.4) is 0 Å². The maximum Gasteiger partial charge on any atom is 0.264 e. The number of sulfonamides is 1. The highest BCUT2D eigenvalue weighted by molar-refractivity contribution is 7.92. The summed E-state index contributed by atoms with van der Waals surface area (Å²) in [6.45, 7) is 1.83. The van der Waals surface area contributed by atoms with E-state index in [9.17, 15) is 18.0 Å². The number of amides is 2. The quantitative estimate of drug-likeness (QED) is 0.552. The smallest absolute Gasteiger partial charge is 0.264 e. The molecule has 0 saturated carbocycles. The van der Waals surface area contributed by atoms with Crippen LogP contribution in [0.1, 0.15) is 29.3 Å². The van der Waals surface area contributed by atoms with Gasteiger partial charge in [-0.15, -0.1) is 0 Å². The molecule has 0 fully saturated rings. The number of rotatable bonds is 5. The zero-order valence-electron chi connectivity index (χ0n) is 18.8. The Labute approximate surface area is 204 Å². The summed E-state index contributed by atoms with van der Waals surface area (Å²) in [6, 6.07) is 18.3. The molecule has 176 valence electrons. The van der Waals surface area contributed by atoms with Crippen LogP contribution < -0.4 is 14.5 Å². The van der Waals surface area contributed by atoms with Crippen molar-refractivity contribution in [3.05, 3.63) is 82.9 Å². The standard InChI is InChI=1S/C25H24ClN3O4S/c1-17(30)28(2)20-11-9-19(10-12-20)27-25(31)22-16-21(13-14-23(22)26)34(32,33)29-15-5-7-18-6-3-4-8-24(18)29/h3-4,6,8-14,16H,5,7,15H2,1-2H3,(H,27,31). The molecule has 1 aliphatic heterocycles. The molecule has 0 atom stereocenters. The normalized spacial score (nSPS) is 13.2. The summed E-state index contributed by atoms with van der Waals surface area (Å²) in [5, 5.41) is 2.88. The van der Waals surface area contributed by atoms with Crippen molar-refractivity contribution < 1.29 is 18.0 Å². The maximum absolute atomic E-state index is 13.5. The lowest BCUT2D eigenvalue weighted by molar-refractivity contribution is -0.116. The van der Waals surface area contributed by atoms with Crippen LogP contribution >= 0.6 is 11.6 Å². The lowest BCUT2D eigenvalue weighted by Gasteiger charge is -2.30. The van der Waals surface area contributed by atoms with Crippen molar-refractivity contribution in [1.29, 1.82) is 0 Å². The number of carbonyl (C=O) groups is 2. The third-order valence-electron chi connectivity index (χ3n) is 5.82. The van der Waals surface area contributed by atoms with Gasteiger partial charge in [-0.3, -0.25) is 13.9 Å². The van der Waals surface area contributed by atoms with Crippen LogP contribution in [-0.2, 0) is 21.2 Å². The molecule has 3 aromatic rings. The van der Waals surface area contributed by atoms with Gasteiger partial charge in [0.05, 0.1) is 21.2 Å².